The predicted octanol–water partition coefficient (Wildman–Crippen LogP) is 5.74. The molecular formula is C16H8Br4N2O3. The summed E-state index contributed by atoms with van der Waals surface area (Å²) in [5.74, 6) is -0.831. The number of nitrogens with zero attached hydrogens (tertiary/aromatic N) is 2. The second-order valence-corrected chi connectivity index (χ2v) is 8.36. The molecule has 0 unspecified atom stereocenters. The summed E-state index contributed by atoms with van der Waals surface area (Å²) in [5.41, 5.74) is 2.16. The molecule has 0 spiro atoms. The smallest absolute Gasteiger partial charge is 0.267 e. The molecule has 1 aliphatic heterocycles. The molecule has 0 atom stereocenters. The molecule has 1 heterocycles. The number of carbonyl (C=O) groups excluding carboxylic acids is 2. The van der Waals surface area contributed by atoms with Crippen LogP contribution < -0.4 is 4.90 Å². The Balaban J connectivity index is 2.12. The Morgan fingerprint density at radius 2 is 1.32 bits per heavy atom. The quantitative estimate of drug-likeness (QED) is 0.120. The van der Waals surface area contributed by atoms with E-state index in [0.29, 0.717) is 46.0 Å². The van der Waals surface area contributed by atoms with Gasteiger partial charge in [0.1, 0.15) is 0 Å². The maximum atomic E-state index is 12.9. The number of hydrogen-bond donors (Lipinski definition) is 1. The first-order chi connectivity index (χ1) is 11.8. The van der Waals surface area contributed by atoms with Crippen LogP contribution in [0.3, 0.4) is 0 Å². The molecule has 3 rings (SSSR count). The molecule has 2 aromatic carbocycles. The maximum absolute atomic E-state index is 12.9. The highest BCUT2D eigenvalue weighted by Gasteiger charge is 2.41. The van der Waals surface area contributed by atoms with Gasteiger partial charge in [-0.15, -0.1) is 0 Å². The minimum atomic E-state index is -0.416. The Bertz CT molecular complexity index is 908. The van der Waals surface area contributed by atoms with Crippen LogP contribution in [0.15, 0.2) is 47.3 Å². The summed E-state index contributed by atoms with van der Waals surface area (Å²) in [5, 5.41) is 12.0. The van der Waals surface area contributed by atoms with E-state index in [1.54, 1.807) is 31.2 Å². The van der Waals surface area contributed by atoms with Crippen molar-refractivity contribution in [3.8, 4) is 0 Å². The van der Waals surface area contributed by atoms with Gasteiger partial charge in [-0.1, -0.05) is 17.3 Å². The molecule has 1 N–H and O–H groups in total. The van der Waals surface area contributed by atoms with Crippen molar-refractivity contribution in [3.63, 3.8) is 0 Å². The molecule has 1 aliphatic rings. The van der Waals surface area contributed by atoms with Crippen LogP contribution in [-0.4, -0.2) is 22.7 Å². The van der Waals surface area contributed by atoms with Crippen LogP contribution in [0, 0.1) is 0 Å². The number of carbonyl (C=O) groups is 2. The van der Waals surface area contributed by atoms with Crippen LogP contribution in [0.5, 0.6) is 0 Å². The minimum Gasteiger partial charge on any atom is -0.411 e. The van der Waals surface area contributed by atoms with Crippen molar-refractivity contribution in [2.24, 2.45) is 5.16 Å². The Kier molecular flexibility index (Phi) is 5.21. The van der Waals surface area contributed by atoms with E-state index in [9.17, 15) is 9.59 Å². The van der Waals surface area contributed by atoms with Crippen molar-refractivity contribution in [1.82, 2.24) is 0 Å². The monoisotopic (exact) mass is 592 g/mol. The number of halogens is 4. The fourth-order valence-electron chi connectivity index (χ4n) is 2.49. The fourth-order valence-corrected chi connectivity index (χ4v) is 4.95. The van der Waals surface area contributed by atoms with Gasteiger partial charge in [0.2, 0.25) is 0 Å². The van der Waals surface area contributed by atoms with E-state index in [1.165, 1.54) is 0 Å². The first kappa shape index (κ1) is 18.8. The highest BCUT2D eigenvalue weighted by molar-refractivity contribution is 9.15. The number of amides is 2. The van der Waals surface area contributed by atoms with E-state index in [-0.39, 0.29) is 0 Å². The molecule has 128 valence electrons. The van der Waals surface area contributed by atoms with E-state index in [2.05, 4.69) is 68.9 Å². The summed E-state index contributed by atoms with van der Waals surface area (Å²) in [6.45, 7) is 1.65. The van der Waals surface area contributed by atoms with Gasteiger partial charge < -0.3 is 5.21 Å². The van der Waals surface area contributed by atoms with E-state index < -0.39 is 11.8 Å². The molecule has 0 fully saturated rings. The number of imide groups is 1. The van der Waals surface area contributed by atoms with Gasteiger partial charge >= 0.3 is 0 Å². The van der Waals surface area contributed by atoms with E-state index in [4.69, 9.17) is 5.21 Å². The highest BCUT2D eigenvalue weighted by atomic mass is 79.9. The van der Waals surface area contributed by atoms with Crippen LogP contribution in [0.4, 0.5) is 5.69 Å². The average molecular weight is 596 g/mol. The van der Waals surface area contributed by atoms with Gasteiger partial charge in [-0.2, -0.15) is 0 Å². The molecule has 25 heavy (non-hydrogen) atoms. The normalized spacial score (nSPS) is 14.3. The van der Waals surface area contributed by atoms with Gasteiger partial charge in [0, 0.05) is 17.9 Å². The minimum absolute atomic E-state index is 0.295. The number of oxime groups is 1. The van der Waals surface area contributed by atoms with Crippen LogP contribution >= 0.6 is 63.7 Å². The zero-order chi connectivity index (χ0) is 18.5. The van der Waals surface area contributed by atoms with Gasteiger partial charge in [0.15, 0.2) is 0 Å². The second kappa shape index (κ2) is 6.94. The molecule has 0 radical (unpaired) electrons. The summed E-state index contributed by atoms with van der Waals surface area (Å²) in [6.07, 6.45) is 0. The maximum Gasteiger partial charge on any atom is 0.267 e. The zero-order valence-electron chi connectivity index (χ0n) is 12.5. The molecule has 0 aromatic heterocycles. The standard InChI is InChI=1S/C16H8Br4N2O3/c1-6(21-25)7-2-4-8(5-3-7)22-15(23)9-10(16(22)24)12(18)14(20)13(19)11(9)17/h2-5,25H,1H3/b21-6+. The third kappa shape index (κ3) is 2.90. The number of rotatable bonds is 2. The highest BCUT2D eigenvalue weighted by Crippen LogP contribution is 2.46. The Labute approximate surface area is 176 Å². The van der Waals surface area contributed by atoms with Gasteiger partial charge in [-0.3, -0.25) is 9.59 Å². The van der Waals surface area contributed by atoms with Crippen molar-refractivity contribution >= 4 is 86.9 Å². The van der Waals surface area contributed by atoms with Crippen LogP contribution in [0.25, 0.3) is 0 Å². The van der Waals surface area contributed by atoms with Gasteiger partial charge in [0.05, 0.1) is 22.5 Å². The van der Waals surface area contributed by atoms with E-state index >= 15 is 0 Å². The number of benzene rings is 2. The van der Waals surface area contributed by atoms with Crippen molar-refractivity contribution in [2.45, 2.75) is 6.92 Å². The van der Waals surface area contributed by atoms with Crippen molar-refractivity contribution < 1.29 is 14.8 Å². The predicted molar refractivity (Wildman–Crippen MR) is 109 cm³/mol. The molecule has 0 aliphatic carbocycles. The van der Waals surface area contributed by atoms with Crippen molar-refractivity contribution in [2.75, 3.05) is 4.90 Å². The Morgan fingerprint density at radius 3 is 1.72 bits per heavy atom. The summed E-state index contributed by atoms with van der Waals surface area (Å²) >= 11 is 13.6. The van der Waals surface area contributed by atoms with Crippen molar-refractivity contribution in [3.05, 3.63) is 58.8 Å². The Morgan fingerprint density at radius 1 is 0.880 bits per heavy atom. The largest absolute Gasteiger partial charge is 0.411 e. The molecule has 2 amide bonds. The number of hydrogen-bond acceptors (Lipinski definition) is 4. The lowest BCUT2D eigenvalue weighted by atomic mass is 10.1. The van der Waals surface area contributed by atoms with Gasteiger partial charge in [-0.25, -0.2) is 4.90 Å². The lowest BCUT2D eigenvalue weighted by Gasteiger charge is -2.14. The summed E-state index contributed by atoms with van der Waals surface area (Å²) in [7, 11) is 0. The summed E-state index contributed by atoms with van der Waals surface area (Å²) in [6, 6.07) is 6.64. The van der Waals surface area contributed by atoms with Crippen LogP contribution in [0.2, 0.25) is 0 Å². The second-order valence-electron chi connectivity index (χ2n) is 5.18. The van der Waals surface area contributed by atoms with Crippen LogP contribution in [-0.2, 0) is 0 Å². The average Bonchev–Trinajstić information content (AvgIpc) is 2.88. The SMILES string of the molecule is C/C(=N\O)c1ccc(N2C(=O)c3c(Br)c(Br)c(Br)c(Br)c3C2=O)cc1. The molecular weight excluding hydrogens is 588 g/mol. The third-order valence-electron chi connectivity index (χ3n) is 3.79. The molecule has 9 heteroatoms. The third-order valence-corrected chi connectivity index (χ3v) is 8.56. The lowest BCUT2D eigenvalue weighted by Crippen LogP contribution is -2.29. The number of anilines is 1. The lowest BCUT2D eigenvalue weighted by molar-refractivity contribution is 0.0925. The first-order valence-corrected chi connectivity index (χ1v) is 10.0. The van der Waals surface area contributed by atoms with Gasteiger partial charge in [-0.05, 0) is 88.3 Å². The molecule has 5 nitrogen and oxygen atoms in total. The Hall–Kier alpha value is -1.03. The topological polar surface area (TPSA) is 70.0 Å². The van der Waals surface area contributed by atoms with Crippen molar-refractivity contribution in [1.29, 1.82) is 0 Å². The van der Waals surface area contributed by atoms with E-state index in [0.717, 1.165) is 4.90 Å². The molecule has 0 saturated heterocycles. The number of fused-ring (bicyclic) bond motifs is 1. The van der Waals surface area contributed by atoms with Crippen LogP contribution in [0.1, 0.15) is 33.2 Å². The molecule has 0 saturated carbocycles. The molecule has 2 aromatic rings. The molecule has 0 bridgehead atoms. The summed E-state index contributed by atoms with van der Waals surface area (Å²) < 4.78 is 2.31. The van der Waals surface area contributed by atoms with Gasteiger partial charge in [0.25, 0.3) is 11.8 Å². The first-order valence-electron chi connectivity index (χ1n) is 6.83. The zero-order valence-corrected chi connectivity index (χ0v) is 18.8. The fraction of sp³-hybridized carbons (Fsp3) is 0.0625. The summed E-state index contributed by atoms with van der Waals surface area (Å²) in [4.78, 5) is 26.9. The van der Waals surface area contributed by atoms with E-state index in [1.807, 2.05) is 0 Å².